The number of Topliss-reactive ketones (excluding diaryl/α,β-unsaturated/α-hetero) is 1. The molecule has 1 N–H and O–H groups in total. The summed E-state index contributed by atoms with van der Waals surface area (Å²) in [5, 5.41) is 0. The average molecular weight is 400 g/mol. The van der Waals surface area contributed by atoms with E-state index in [-0.39, 0.29) is 23.8 Å². The Hall–Kier alpha value is -3.42. The van der Waals surface area contributed by atoms with Crippen LogP contribution in [0.2, 0.25) is 0 Å². The Bertz CT molecular complexity index is 960. The summed E-state index contributed by atoms with van der Waals surface area (Å²) in [5.41, 5.74) is 1.99. The van der Waals surface area contributed by atoms with Gasteiger partial charge in [-0.3, -0.25) is 9.59 Å². The molecule has 0 radical (unpaired) electrons. The van der Waals surface area contributed by atoms with Crippen LogP contribution in [0.15, 0.2) is 24.3 Å². The molecule has 2 aromatic rings. The highest BCUT2D eigenvalue weighted by molar-refractivity contribution is 6.05. The number of para-hydroxylation sites is 1. The van der Waals surface area contributed by atoms with Crippen molar-refractivity contribution in [2.75, 3.05) is 25.2 Å². The molecule has 154 valence electrons. The van der Waals surface area contributed by atoms with Crippen molar-refractivity contribution in [3.05, 3.63) is 52.3 Å². The molecule has 8 heteroatoms. The lowest BCUT2D eigenvalue weighted by molar-refractivity contribution is -0.116. The van der Waals surface area contributed by atoms with Crippen molar-refractivity contribution in [1.29, 1.82) is 0 Å². The Morgan fingerprint density at radius 3 is 2.31 bits per heavy atom. The molecule has 0 fully saturated rings. The van der Waals surface area contributed by atoms with Gasteiger partial charge in [0.1, 0.15) is 0 Å². The van der Waals surface area contributed by atoms with Gasteiger partial charge in [0.25, 0.3) is 0 Å². The molecular formula is C21H24N2O6. The minimum atomic E-state index is -0.728. The van der Waals surface area contributed by atoms with Crippen LogP contribution in [0.5, 0.6) is 0 Å². The van der Waals surface area contributed by atoms with Crippen LogP contribution in [0.1, 0.15) is 56.3 Å². The maximum atomic E-state index is 12.5. The van der Waals surface area contributed by atoms with Gasteiger partial charge in [0.2, 0.25) is 11.7 Å². The highest BCUT2D eigenvalue weighted by atomic mass is 16.5. The standard InChI is InChI=1S/C21H24N2O6/c1-6-28-21(27)18-12(2)19(22-13(18)3)17(25)11-29-20(26)15-9-7-8-10-16(15)23(5)14(4)24/h7-10,22H,6,11H2,1-5H3. The molecule has 1 amide bonds. The average Bonchev–Trinajstić information content (AvgIpc) is 2.99. The van der Waals surface area contributed by atoms with Crippen molar-refractivity contribution in [3.8, 4) is 0 Å². The van der Waals surface area contributed by atoms with E-state index < -0.39 is 24.3 Å². The first-order valence-corrected chi connectivity index (χ1v) is 9.08. The van der Waals surface area contributed by atoms with E-state index in [1.165, 1.54) is 17.9 Å². The Kier molecular flexibility index (Phi) is 6.93. The van der Waals surface area contributed by atoms with E-state index >= 15 is 0 Å². The fourth-order valence-corrected chi connectivity index (χ4v) is 2.93. The first-order chi connectivity index (χ1) is 13.7. The Morgan fingerprint density at radius 1 is 1.03 bits per heavy atom. The van der Waals surface area contributed by atoms with Gasteiger partial charge in [-0.25, -0.2) is 9.59 Å². The minimum Gasteiger partial charge on any atom is -0.462 e. The topological polar surface area (TPSA) is 106 Å². The summed E-state index contributed by atoms with van der Waals surface area (Å²) in [5.74, 6) is -1.97. The molecule has 2 rings (SSSR count). The normalized spacial score (nSPS) is 10.4. The number of H-pyrrole nitrogens is 1. The molecule has 0 unspecified atom stereocenters. The van der Waals surface area contributed by atoms with Crippen molar-refractivity contribution in [2.24, 2.45) is 0 Å². The van der Waals surface area contributed by atoms with E-state index in [0.29, 0.717) is 22.5 Å². The maximum absolute atomic E-state index is 12.5. The number of benzene rings is 1. The molecule has 29 heavy (non-hydrogen) atoms. The van der Waals surface area contributed by atoms with Crippen molar-refractivity contribution >= 4 is 29.3 Å². The second-order valence-electron chi connectivity index (χ2n) is 6.44. The van der Waals surface area contributed by atoms with Gasteiger partial charge >= 0.3 is 11.9 Å². The van der Waals surface area contributed by atoms with E-state index in [1.54, 1.807) is 46.0 Å². The van der Waals surface area contributed by atoms with Crippen LogP contribution >= 0.6 is 0 Å². The number of esters is 2. The number of rotatable bonds is 7. The number of hydrogen-bond acceptors (Lipinski definition) is 6. The number of hydrogen-bond donors (Lipinski definition) is 1. The highest BCUT2D eigenvalue weighted by Crippen LogP contribution is 2.22. The van der Waals surface area contributed by atoms with Crippen molar-refractivity contribution in [2.45, 2.75) is 27.7 Å². The van der Waals surface area contributed by atoms with Gasteiger partial charge in [-0.1, -0.05) is 12.1 Å². The summed E-state index contributed by atoms with van der Waals surface area (Å²) < 4.78 is 10.2. The predicted molar refractivity (Wildman–Crippen MR) is 106 cm³/mol. The Labute approximate surface area is 168 Å². The van der Waals surface area contributed by atoms with Gasteiger partial charge in [-0.05, 0) is 38.5 Å². The van der Waals surface area contributed by atoms with Crippen molar-refractivity contribution in [3.63, 3.8) is 0 Å². The Balaban J connectivity index is 2.17. The van der Waals surface area contributed by atoms with E-state index in [1.807, 2.05) is 0 Å². The van der Waals surface area contributed by atoms with Crippen LogP contribution in [-0.2, 0) is 14.3 Å². The second kappa shape index (κ2) is 9.18. The van der Waals surface area contributed by atoms with Crippen LogP contribution in [-0.4, -0.2) is 48.9 Å². The quantitative estimate of drug-likeness (QED) is 0.566. The number of aryl methyl sites for hydroxylation is 1. The summed E-state index contributed by atoms with van der Waals surface area (Å²) in [6, 6.07) is 6.47. The molecule has 0 bridgehead atoms. The zero-order chi connectivity index (χ0) is 21.7. The number of aromatic nitrogens is 1. The monoisotopic (exact) mass is 400 g/mol. The predicted octanol–water partition coefficient (Wildman–Crippen LogP) is 2.83. The molecule has 0 aliphatic rings. The number of carbonyl (C=O) groups is 4. The third-order valence-corrected chi connectivity index (χ3v) is 4.49. The molecule has 0 atom stereocenters. The summed E-state index contributed by atoms with van der Waals surface area (Å²) in [6.07, 6.45) is 0. The van der Waals surface area contributed by atoms with Gasteiger partial charge in [0.05, 0.1) is 29.1 Å². The van der Waals surface area contributed by atoms with Crippen molar-refractivity contribution < 1.29 is 28.7 Å². The number of aromatic amines is 1. The number of amides is 1. The van der Waals surface area contributed by atoms with E-state index in [4.69, 9.17) is 9.47 Å². The zero-order valence-corrected chi connectivity index (χ0v) is 17.1. The fraction of sp³-hybridized carbons (Fsp3) is 0.333. The van der Waals surface area contributed by atoms with Crippen LogP contribution < -0.4 is 4.90 Å². The molecule has 0 saturated carbocycles. The maximum Gasteiger partial charge on any atom is 0.340 e. The molecule has 1 heterocycles. The fourth-order valence-electron chi connectivity index (χ4n) is 2.93. The van der Waals surface area contributed by atoms with Gasteiger partial charge in [0.15, 0.2) is 6.61 Å². The van der Waals surface area contributed by atoms with Gasteiger partial charge in [-0.15, -0.1) is 0 Å². The molecule has 8 nitrogen and oxygen atoms in total. The van der Waals surface area contributed by atoms with Gasteiger partial charge in [-0.2, -0.15) is 0 Å². The largest absolute Gasteiger partial charge is 0.462 e. The molecular weight excluding hydrogens is 376 g/mol. The number of ketones is 1. The van der Waals surface area contributed by atoms with E-state index in [9.17, 15) is 19.2 Å². The van der Waals surface area contributed by atoms with E-state index in [2.05, 4.69) is 4.98 Å². The SMILES string of the molecule is CCOC(=O)c1c(C)[nH]c(C(=O)COC(=O)c2ccccc2N(C)C(C)=O)c1C. The smallest absolute Gasteiger partial charge is 0.340 e. The summed E-state index contributed by atoms with van der Waals surface area (Å²) in [6.45, 7) is 6.07. The van der Waals surface area contributed by atoms with Gasteiger partial charge in [0, 0.05) is 19.7 Å². The van der Waals surface area contributed by atoms with E-state index in [0.717, 1.165) is 0 Å². The molecule has 0 aliphatic carbocycles. The third-order valence-electron chi connectivity index (χ3n) is 4.49. The number of anilines is 1. The van der Waals surface area contributed by atoms with Crippen LogP contribution in [0.25, 0.3) is 0 Å². The molecule has 1 aromatic heterocycles. The highest BCUT2D eigenvalue weighted by Gasteiger charge is 2.24. The first-order valence-electron chi connectivity index (χ1n) is 9.08. The lowest BCUT2D eigenvalue weighted by atomic mass is 10.1. The summed E-state index contributed by atoms with van der Waals surface area (Å²) >= 11 is 0. The second-order valence-corrected chi connectivity index (χ2v) is 6.44. The molecule has 0 spiro atoms. The minimum absolute atomic E-state index is 0.171. The van der Waals surface area contributed by atoms with Crippen LogP contribution in [0.4, 0.5) is 5.69 Å². The number of nitrogens with zero attached hydrogens (tertiary/aromatic N) is 1. The number of carbonyl (C=O) groups excluding carboxylic acids is 4. The molecule has 0 aliphatic heterocycles. The summed E-state index contributed by atoms with van der Waals surface area (Å²) in [7, 11) is 1.54. The first kappa shape index (κ1) is 21.9. The summed E-state index contributed by atoms with van der Waals surface area (Å²) in [4.78, 5) is 52.9. The molecule has 0 saturated heterocycles. The van der Waals surface area contributed by atoms with Crippen molar-refractivity contribution in [1.82, 2.24) is 4.98 Å². The lowest BCUT2D eigenvalue weighted by Crippen LogP contribution is -2.25. The lowest BCUT2D eigenvalue weighted by Gasteiger charge is -2.18. The van der Waals surface area contributed by atoms with Crippen LogP contribution in [0.3, 0.4) is 0 Å². The Morgan fingerprint density at radius 2 is 1.69 bits per heavy atom. The zero-order valence-electron chi connectivity index (χ0n) is 17.1. The van der Waals surface area contributed by atoms with Gasteiger partial charge < -0.3 is 19.4 Å². The number of nitrogens with one attached hydrogen (secondary N) is 1. The van der Waals surface area contributed by atoms with Crippen LogP contribution in [0, 0.1) is 13.8 Å². The third kappa shape index (κ3) is 4.71. The molecule has 1 aromatic carbocycles. The number of ether oxygens (including phenoxy) is 2.